The number of rotatable bonds is 6. The van der Waals surface area contributed by atoms with Crippen molar-refractivity contribution < 1.29 is 13.6 Å². The number of amides is 1. The lowest BCUT2D eigenvalue weighted by Gasteiger charge is -2.32. The van der Waals surface area contributed by atoms with Crippen molar-refractivity contribution in [3.05, 3.63) is 76.3 Å². The number of carbonyl (C=O) groups excluding carboxylic acids is 1. The molecule has 1 atom stereocenters. The van der Waals surface area contributed by atoms with Gasteiger partial charge in [-0.3, -0.25) is 4.79 Å². The maximum Gasteiger partial charge on any atom is 0.247 e. The van der Waals surface area contributed by atoms with Crippen LogP contribution in [0, 0.1) is 17.6 Å². The van der Waals surface area contributed by atoms with Gasteiger partial charge in [0.05, 0.1) is 21.7 Å². The molecule has 12 heteroatoms. The van der Waals surface area contributed by atoms with Gasteiger partial charge in [-0.25, -0.2) is 13.8 Å². The number of tetrazole rings is 1. The number of hydrogen-bond acceptors (Lipinski definition) is 5. The van der Waals surface area contributed by atoms with Crippen molar-refractivity contribution >= 4 is 45.8 Å². The van der Waals surface area contributed by atoms with Crippen molar-refractivity contribution in [2.75, 3.05) is 5.32 Å². The zero-order chi connectivity index (χ0) is 27.8. The molecule has 1 amide bonds. The van der Waals surface area contributed by atoms with Crippen LogP contribution in [0.25, 0.3) is 33.8 Å². The second-order valence-corrected chi connectivity index (χ2v) is 10.7. The Hall–Kier alpha value is -3.89. The summed E-state index contributed by atoms with van der Waals surface area (Å²) in [7, 11) is 0. The smallest absolute Gasteiger partial charge is 0.247 e. The molecule has 1 aliphatic carbocycles. The Balaban J connectivity index is 1.47. The fraction of sp³-hybridized carbons (Fsp3) is 0.250. The molecule has 1 unspecified atom stereocenters. The van der Waals surface area contributed by atoms with Crippen LogP contribution >= 0.6 is 23.2 Å². The summed E-state index contributed by atoms with van der Waals surface area (Å²) in [5.41, 5.74) is 2.27. The largest absolute Gasteiger partial charge is 0.323 e. The van der Waals surface area contributed by atoms with E-state index < -0.39 is 17.7 Å². The van der Waals surface area contributed by atoms with Gasteiger partial charge in [0.15, 0.2) is 11.6 Å². The van der Waals surface area contributed by atoms with Crippen LogP contribution in [0.1, 0.15) is 38.1 Å². The number of anilines is 1. The van der Waals surface area contributed by atoms with Crippen LogP contribution in [0.15, 0.2) is 54.6 Å². The van der Waals surface area contributed by atoms with E-state index in [0.717, 1.165) is 44.2 Å². The first-order chi connectivity index (χ1) is 19.4. The number of halogens is 4. The number of aromatic nitrogens is 6. The highest BCUT2D eigenvalue weighted by Crippen LogP contribution is 2.40. The molecule has 0 saturated heterocycles. The SMILES string of the molecule is O=C(Nc1ccc(-c2nn[nH]n2)cc1Cl)C(C1CCCCC1)n1c(-c2ccc(Cl)cc2)nc2cc(F)c(F)cc21. The Bertz CT molecular complexity index is 1680. The zero-order valence-electron chi connectivity index (χ0n) is 21.0. The molecule has 2 aromatic heterocycles. The predicted molar refractivity (Wildman–Crippen MR) is 149 cm³/mol. The molecule has 2 N–H and O–H groups in total. The lowest BCUT2D eigenvalue weighted by molar-refractivity contribution is -0.121. The number of imidazole rings is 1. The lowest BCUT2D eigenvalue weighted by Crippen LogP contribution is -2.33. The van der Waals surface area contributed by atoms with Gasteiger partial charge in [-0.15, -0.1) is 10.2 Å². The van der Waals surface area contributed by atoms with Crippen LogP contribution in [0.4, 0.5) is 14.5 Å². The minimum Gasteiger partial charge on any atom is -0.323 e. The molecule has 3 aromatic carbocycles. The monoisotopic (exact) mass is 581 g/mol. The second kappa shape index (κ2) is 10.9. The molecule has 0 radical (unpaired) electrons. The summed E-state index contributed by atoms with van der Waals surface area (Å²) in [6, 6.07) is 13.4. The summed E-state index contributed by atoms with van der Waals surface area (Å²) in [6.45, 7) is 0. The molecule has 2 heterocycles. The van der Waals surface area contributed by atoms with Gasteiger partial charge in [0, 0.05) is 28.3 Å². The molecule has 204 valence electrons. The van der Waals surface area contributed by atoms with Gasteiger partial charge < -0.3 is 9.88 Å². The zero-order valence-corrected chi connectivity index (χ0v) is 22.6. The van der Waals surface area contributed by atoms with Gasteiger partial charge in [-0.05, 0) is 66.4 Å². The molecular weight excluding hydrogens is 559 g/mol. The molecule has 5 aromatic rings. The Morgan fingerprint density at radius 3 is 2.40 bits per heavy atom. The van der Waals surface area contributed by atoms with Gasteiger partial charge in [-0.1, -0.05) is 42.5 Å². The molecule has 40 heavy (non-hydrogen) atoms. The number of carbonyl (C=O) groups is 1. The second-order valence-electron chi connectivity index (χ2n) is 9.83. The van der Waals surface area contributed by atoms with E-state index in [1.807, 2.05) is 0 Å². The third kappa shape index (κ3) is 5.04. The van der Waals surface area contributed by atoms with Gasteiger partial charge in [0.2, 0.25) is 11.7 Å². The number of fused-ring (bicyclic) bond motifs is 1. The van der Waals surface area contributed by atoms with Gasteiger partial charge in [-0.2, -0.15) is 5.21 Å². The fourth-order valence-electron chi connectivity index (χ4n) is 5.41. The highest BCUT2D eigenvalue weighted by Gasteiger charge is 2.35. The number of aromatic amines is 1. The maximum atomic E-state index is 14.6. The summed E-state index contributed by atoms with van der Waals surface area (Å²) in [5.74, 6) is -1.64. The van der Waals surface area contributed by atoms with Crippen LogP contribution < -0.4 is 5.32 Å². The Labute approximate surface area is 237 Å². The van der Waals surface area contributed by atoms with Gasteiger partial charge in [0.1, 0.15) is 11.9 Å². The molecule has 8 nitrogen and oxygen atoms in total. The molecule has 0 aliphatic heterocycles. The van der Waals surface area contributed by atoms with E-state index in [1.165, 1.54) is 0 Å². The fourth-order valence-corrected chi connectivity index (χ4v) is 5.77. The number of benzene rings is 3. The van der Waals surface area contributed by atoms with Crippen LogP contribution in [0.5, 0.6) is 0 Å². The average molecular weight is 582 g/mol. The quantitative estimate of drug-likeness (QED) is 0.220. The summed E-state index contributed by atoms with van der Waals surface area (Å²) in [5, 5.41) is 17.7. The highest BCUT2D eigenvalue weighted by molar-refractivity contribution is 6.34. The summed E-state index contributed by atoms with van der Waals surface area (Å²) in [6.07, 6.45) is 4.59. The number of nitrogens with one attached hydrogen (secondary N) is 2. The van der Waals surface area contributed by atoms with Crippen LogP contribution in [0.2, 0.25) is 10.0 Å². The van der Waals surface area contributed by atoms with E-state index in [1.54, 1.807) is 47.0 Å². The molecular formula is C28H23Cl2F2N7O. The lowest BCUT2D eigenvalue weighted by atomic mass is 9.83. The van der Waals surface area contributed by atoms with E-state index >= 15 is 0 Å². The van der Waals surface area contributed by atoms with Crippen LogP contribution in [-0.4, -0.2) is 36.1 Å². The van der Waals surface area contributed by atoms with Crippen molar-refractivity contribution in [3.63, 3.8) is 0 Å². The standard InChI is InChI=1S/C28H23Cl2F2N7O/c29-18-9-6-16(7-10-18)27-33-23-13-20(31)21(32)14-24(23)39(27)25(15-4-2-1-3-5-15)28(40)34-22-11-8-17(12-19(22)30)26-35-37-38-36-26/h6-15,25H,1-5H2,(H,34,40)(H,35,36,37,38). The average Bonchev–Trinajstić information content (AvgIpc) is 3.61. The summed E-state index contributed by atoms with van der Waals surface area (Å²) < 4.78 is 30.6. The number of H-pyrrole nitrogens is 1. The van der Waals surface area contributed by atoms with E-state index in [2.05, 4.69) is 30.9 Å². The highest BCUT2D eigenvalue weighted by atomic mass is 35.5. The Morgan fingerprint density at radius 2 is 1.70 bits per heavy atom. The topological polar surface area (TPSA) is 101 Å². The van der Waals surface area contributed by atoms with E-state index in [9.17, 15) is 13.6 Å². The first-order valence-corrected chi connectivity index (χ1v) is 13.6. The molecule has 0 spiro atoms. The summed E-state index contributed by atoms with van der Waals surface area (Å²) in [4.78, 5) is 18.8. The van der Waals surface area contributed by atoms with Crippen molar-refractivity contribution in [1.82, 2.24) is 30.2 Å². The molecule has 1 fully saturated rings. The molecule has 0 bridgehead atoms. The minimum atomic E-state index is -1.01. The number of hydrogen-bond donors (Lipinski definition) is 2. The van der Waals surface area contributed by atoms with Crippen molar-refractivity contribution in [1.29, 1.82) is 0 Å². The van der Waals surface area contributed by atoms with E-state index in [4.69, 9.17) is 23.2 Å². The van der Waals surface area contributed by atoms with Crippen molar-refractivity contribution in [2.45, 2.75) is 38.1 Å². The first kappa shape index (κ1) is 26.3. The van der Waals surface area contributed by atoms with E-state index in [-0.39, 0.29) is 17.3 Å². The number of nitrogens with zero attached hydrogens (tertiary/aromatic N) is 5. The molecule has 6 rings (SSSR count). The van der Waals surface area contributed by atoms with Crippen molar-refractivity contribution in [3.8, 4) is 22.8 Å². The van der Waals surface area contributed by atoms with Crippen molar-refractivity contribution in [2.24, 2.45) is 5.92 Å². The normalized spacial score (nSPS) is 14.9. The van der Waals surface area contributed by atoms with Crippen LogP contribution in [-0.2, 0) is 4.79 Å². The predicted octanol–water partition coefficient (Wildman–Crippen LogP) is 7.23. The molecule has 1 aliphatic rings. The molecule has 1 saturated carbocycles. The van der Waals surface area contributed by atoms with Gasteiger partial charge in [0.25, 0.3) is 0 Å². The minimum absolute atomic E-state index is 0.0670. The summed E-state index contributed by atoms with van der Waals surface area (Å²) >= 11 is 12.7. The third-order valence-corrected chi connectivity index (χ3v) is 7.87. The van der Waals surface area contributed by atoms with Crippen LogP contribution in [0.3, 0.4) is 0 Å². The third-order valence-electron chi connectivity index (χ3n) is 7.31. The first-order valence-electron chi connectivity index (χ1n) is 12.9. The Kier molecular flexibility index (Phi) is 7.20. The van der Waals surface area contributed by atoms with Gasteiger partial charge >= 0.3 is 0 Å². The Morgan fingerprint density at radius 1 is 0.975 bits per heavy atom. The van der Waals surface area contributed by atoms with E-state index in [0.29, 0.717) is 44.0 Å². The maximum absolute atomic E-state index is 14.6.